The Labute approximate surface area is 146 Å². The largest absolute Gasteiger partial charge is 0.393 e. The number of aliphatic hydroxyl groups excluding tert-OH is 1. The van der Waals surface area contributed by atoms with Crippen LogP contribution in [-0.2, 0) is 21.2 Å². The molecule has 0 aromatic heterocycles. The molecule has 0 bridgehead atoms. The maximum atomic E-state index is 13.1. The highest BCUT2D eigenvalue weighted by molar-refractivity contribution is 7.89. The molecule has 1 aromatic rings. The van der Waals surface area contributed by atoms with Crippen LogP contribution in [0.2, 0.25) is 0 Å². The first-order valence-electron chi connectivity index (χ1n) is 7.71. The molecule has 0 spiro atoms. The minimum absolute atomic E-state index is 0.139. The lowest BCUT2D eigenvalue weighted by molar-refractivity contribution is -0.135. The number of amides is 1. The molecule has 1 unspecified atom stereocenters. The Kier molecular flexibility index (Phi) is 7.48. The van der Waals surface area contributed by atoms with Gasteiger partial charge in [-0.15, -0.1) is 0 Å². The Morgan fingerprint density at radius 1 is 1.44 bits per heavy atom. The number of nitrogens with two attached hydrogens (primary N) is 2. The van der Waals surface area contributed by atoms with Crippen LogP contribution in [0.1, 0.15) is 31.7 Å². The molecule has 0 heterocycles. The molecule has 1 rings (SSSR count). The van der Waals surface area contributed by atoms with E-state index in [1.165, 1.54) is 31.5 Å². The molecule has 25 heavy (non-hydrogen) atoms. The third-order valence-electron chi connectivity index (χ3n) is 3.97. The minimum Gasteiger partial charge on any atom is -0.393 e. The first kappa shape index (κ1) is 21.5. The summed E-state index contributed by atoms with van der Waals surface area (Å²) in [6.07, 6.45) is 0.0297. The van der Waals surface area contributed by atoms with Gasteiger partial charge in [0.05, 0.1) is 11.4 Å². The number of hydrogen-bond donors (Lipinski definition) is 4. The summed E-state index contributed by atoms with van der Waals surface area (Å²) < 4.78 is 36.5. The molecule has 141 valence electrons. The van der Waals surface area contributed by atoms with E-state index in [-0.39, 0.29) is 25.7 Å². The molecule has 0 fully saturated rings. The SMILES string of the molecule is CC(O)(CC[C@H](C[C@@H](O)[CH]Cc1cccc(F)c1)S(N)(=O)=O)C(N)=O. The second-order valence-electron chi connectivity index (χ2n) is 6.26. The normalized spacial score (nSPS) is 16.8. The van der Waals surface area contributed by atoms with E-state index in [0.29, 0.717) is 5.56 Å². The number of rotatable bonds is 10. The molecule has 7 nitrogen and oxygen atoms in total. The molecule has 0 saturated heterocycles. The zero-order valence-corrected chi connectivity index (χ0v) is 14.7. The lowest BCUT2D eigenvalue weighted by Crippen LogP contribution is -2.42. The molecule has 0 aliphatic carbocycles. The number of aliphatic hydroxyl groups is 2. The third-order valence-corrected chi connectivity index (χ3v) is 5.32. The van der Waals surface area contributed by atoms with Gasteiger partial charge in [-0.1, -0.05) is 12.1 Å². The van der Waals surface area contributed by atoms with Crippen molar-refractivity contribution in [3.8, 4) is 0 Å². The predicted octanol–water partition coefficient (Wildman–Crippen LogP) is -0.00291. The van der Waals surface area contributed by atoms with Crippen molar-refractivity contribution in [3.63, 3.8) is 0 Å². The number of halogens is 1. The van der Waals surface area contributed by atoms with Crippen molar-refractivity contribution in [1.29, 1.82) is 0 Å². The number of primary sulfonamides is 1. The monoisotopic (exact) mass is 375 g/mol. The summed E-state index contributed by atoms with van der Waals surface area (Å²) in [5, 5.41) is 23.8. The van der Waals surface area contributed by atoms with Gasteiger partial charge in [0, 0.05) is 0 Å². The Hall–Kier alpha value is -1.55. The fourth-order valence-electron chi connectivity index (χ4n) is 2.28. The van der Waals surface area contributed by atoms with Crippen LogP contribution >= 0.6 is 0 Å². The van der Waals surface area contributed by atoms with Gasteiger partial charge < -0.3 is 15.9 Å². The van der Waals surface area contributed by atoms with E-state index in [2.05, 4.69) is 0 Å². The lowest BCUT2D eigenvalue weighted by Gasteiger charge is -2.23. The number of hydrogen-bond acceptors (Lipinski definition) is 5. The summed E-state index contributed by atoms with van der Waals surface area (Å²) in [7, 11) is -4.00. The standard InChI is InChI=1S/C16H24FN2O5S/c1-16(22,15(18)21)8-7-14(25(19,23)24)10-13(20)6-5-11-3-2-4-12(17)9-11/h2-4,6,9,13-14,20,22H,5,7-8,10H2,1H3,(H2,18,21)(H2,19,23,24)/t13-,14+,16?/m0/s1. The number of primary amides is 1. The van der Waals surface area contributed by atoms with E-state index in [1.807, 2.05) is 0 Å². The van der Waals surface area contributed by atoms with Gasteiger partial charge in [0.2, 0.25) is 15.9 Å². The van der Waals surface area contributed by atoms with Crippen molar-refractivity contribution in [2.45, 2.75) is 49.6 Å². The second kappa shape index (κ2) is 8.70. The fraction of sp³-hybridized carbons (Fsp3) is 0.500. The van der Waals surface area contributed by atoms with Crippen LogP contribution in [0, 0.1) is 12.2 Å². The molecule has 1 amide bonds. The molecular formula is C16H24FN2O5S. The van der Waals surface area contributed by atoms with Crippen LogP contribution in [0.15, 0.2) is 24.3 Å². The van der Waals surface area contributed by atoms with Crippen molar-refractivity contribution in [2.24, 2.45) is 10.9 Å². The molecule has 0 saturated carbocycles. The molecule has 1 radical (unpaired) electrons. The summed E-state index contributed by atoms with van der Waals surface area (Å²) in [6, 6.07) is 5.81. The van der Waals surface area contributed by atoms with Gasteiger partial charge in [0.15, 0.2) is 0 Å². The third kappa shape index (κ3) is 7.47. The van der Waals surface area contributed by atoms with Crippen LogP contribution in [-0.4, -0.2) is 41.5 Å². The summed E-state index contributed by atoms with van der Waals surface area (Å²) in [6.45, 7) is 1.18. The number of sulfonamides is 1. The smallest absolute Gasteiger partial charge is 0.249 e. The van der Waals surface area contributed by atoms with E-state index >= 15 is 0 Å². The lowest BCUT2D eigenvalue weighted by atomic mass is 9.95. The minimum atomic E-state index is -4.00. The van der Waals surface area contributed by atoms with E-state index in [9.17, 15) is 27.8 Å². The Bertz CT molecular complexity index is 694. The molecule has 0 aliphatic rings. The maximum Gasteiger partial charge on any atom is 0.249 e. The van der Waals surface area contributed by atoms with Crippen LogP contribution in [0.25, 0.3) is 0 Å². The molecular weight excluding hydrogens is 351 g/mol. The van der Waals surface area contributed by atoms with E-state index in [4.69, 9.17) is 10.9 Å². The molecule has 1 aromatic carbocycles. The zero-order valence-electron chi connectivity index (χ0n) is 13.9. The van der Waals surface area contributed by atoms with Crippen molar-refractivity contribution in [1.82, 2.24) is 0 Å². The maximum absolute atomic E-state index is 13.1. The molecule has 0 aliphatic heterocycles. The quantitative estimate of drug-likeness (QED) is 0.455. The predicted molar refractivity (Wildman–Crippen MR) is 91.0 cm³/mol. The van der Waals surface area contributed by atoms with Gasteiger partial charge in [-0.05, 0) is 56.7 Å². The summed E-state index contributed by atoms with van der Waals surface area (Å²) in [5.41, 5.74) is 3.80. The Morgan fingerprint density at radius 3 is 2.60 bits per heavy atom. The van der Waals surface area contributed by atoms with Crippen molar-refractivity contribution in [2.75, 3.05) is 0 Å². The van der Waals surface area contributed by atoms with Crippen LogP contribution in [0.5, 0.6) is 0 Å². The average Bonchev–Trinajstić information content (AvgIpc) is 2.48. The molecule has 6 N–H and O–H groups in total. The van der Waals surface area contributed by atoms with Gasteiger partial charge in [-0.2, -0.15) is 0 Å². The van der Waals surface area contributed by atoms with Crippen LogP contribution in [0.3, 0.4) is 0 Å². The van der Waals surface area contributed by atoms with Gasteiger partial charge in [0.1, 0.15) is 11.4 Å². The fourth-order valence-corrected chi connectivity index (χ4v) is 3.19. The Balaban J connectivity index is 2.64. The summed E-state index contributed by atoms with van der Waals surface area (Å²) >= 11 is 0. The highest BCUT2D eigenvalue weighted by atomic mass is 32.2. The van der Waals surface area contributed by atoms with E-state index < -0.39 is 38.7 Å². The van der Waals surface area contributed by atoms with Crippen LogP contribution < -0.4 is 10.9 Å². The number of benzene rings is 1. The van der Waals surface area contributed by atoms with Gasteiger partial charge in [-0.25, -0.2) is 17.9 Å². The summed E-state index contributed by atoms with van der Waals surface area (Å²) in [4.78, 5) is 11.1. The number of carbonyl (C=O) groups excluding carboxylic acids is 1. The van der Waals surface area contributed by atoms with Gasteiger partial charge >= 0.3 is 0 Å². The summed E-state index contributed by atoms with van der Waals surface area (Å²) in [5.74, 6) is -1.38. The van der Waals surface area contributed by atoms with Crippen molar-refractivity contribution < 1.29 is 27.8 Å². The second-order valence-corrected chi connectivity index (χ2v) is 8.11. The van der Waals surface area contributed by atoms with E-state index in [0.717, 1.165) is 0 Å². The van der Waals surface area contributed by atoms with Crippen molar-refractivity contribution >= 4 is 15.9 Å². The highest BCUT2D eigenvalue weighted by Gasteiger charge is 2.32. The van der Waals surface area contributed by atoms with E-state index in [1.54, 1.807) is 6.07 Å². The molecule has 3 atom stereocenters. The first-order chi connectivity index (χ1) is 11.4. The molecule has 9 heteroatoms. The topological polar surface area (TPSA) is 144 Å². The van der Waals surface area contributed by atoms with Crippen molar-refractivity contribution in [3.05, 3.63) is 42.1 Å². The Morgan fingerprint density at radius 2 is 2.08 bits per heavy atom. The zero-order chi connectivity index (χ0) is 19.3. The van der Waals surface area contributed by atoms with Crippen LogP contribution in [0.4, 0.5) is 4.39 Å². The highest BCUT2D eigenvalue weighted by Crippen LogP contribution is 2.20. The number of carbonyl (C=O) groups is 1. The van der Waals surface area contributed by atoms with Gasteiger partial charge in [-0.3, -0.25) is 4.79 Å². The average molecular weight is 375 g/mol. The van der Waals surface area contributed by atoms with Gasteiger partial charge in [0.25, 0.3) is 0 Å². The first-order valence-corrected chi connectivity index (χ1v) is 9.32.